The fourth-order valence-electron chi connectivity index (χ4n) is 1.98. The molecule has 2 aromatic rings. The predicted molar refractivity (Wildman–Crippen MR) is 90.5 cm³/mol. The molecule has 0 aliphatic heterocycles. The van der Waals surface area contributed by atoms with Gasteiger partial charge in [-0.15, -0.1) is 0 Å². The number of hydrogen-bond acceptors (Lipinski definition) is 4. The fraction of sp³-hybridized carbons (Fsp3) is 0.278. The van der Waals surface area contributed by atoms with Crippen LogP contribution in [0.3, 0.4) is 0 Å². The summed E-state index contributed by atoms with van der Waals surface area (Å²) in [5.41, 5.74) is 6.38. The number of hydrogen-bond donors (Lipinski definition) is 2. The molecule has 5 nitrogen and oxygen atoms in total. The molecule has 0 fully saturated rings. The number of carbonyl (C=O) groups excluding carboxylic acids is 1. The zero-order valence-corrected chi connectivity index (χ0v) is 13.2. The molecule has 0 atom stereocenters. The lowest BCUT2D eigenvalue weighted by molar-refractivity contribution is -0.120. The minimum atomic E-state index is -0.0736. The van der Waals surface area contributed by atoms with Gasteiger partial charge in [0.25, 0.3) is 0 Å². The highest BCUT2D eigenvalue weighted by Gasteiger charge is 2.05. The molecule has 23 heavy (non-hydrogen) atoms. The lowest BCUT2D eigenvalue weighted by atomic mass is 10.3. The van der Waals surface area contributed by atoms with Crippen LogP contribution in [0, 0.1) is 0 Å². The smallest absolute Gasteiger partial charge is 0.238 e. The lowest BCUT2D eigenvalue weighted by Crippen LogP contribution is -2.29. The molecule has 0 unspecified atom stereocenters. The Labute approximate surface area is 136 Å². The Morgan fingerprint density at radius 2 is 1.61 bits per heavy atom. The van der Waals surface area contributed by atoms with E-state index in [1.54, 1.807) is 0 Å². The third-order valence-electron chi connectivity index (χ3n) is 3.07. The van der Waals surface area contributed by atoms with Gasteiger partial charge >= 0.3 is 0 Å². The van der Waals surface area contributed by atoms with Gasteiger partial charge in [0.1, 0.15) is 0 Å². The Balaban J connectivity index is 1.66. The maximum atomic E-state index is 11.7. The number of anilines is 1. The van der Waals surface area contributed by atoms with E-state index in [-0.39, 0.29) is 5.91 Å². The van der Waals surface area contributed by atoms with Gasteiger partial charge in [0.05, 0.1) is 18.9 Å². The largest absolute Gasteiger partial charge is 0.490 e. The lowest BCUT2D eigenvalue weighted by Gasteiger charge is -2.11. The normalized spacial score (nSPS) is 9.96. The van der Waals surface area contributed by atoms with E-state index in [1.165, 1.54) is 0 Å². The molecule has 2 N–H and O–H groups in total. The van der Waals surface area contributed by atoms with Gasteiger partial charge in [0, 0.05) is 6.42 Å². The van der Waals surface area contributed by atoms with Gasteiger partial charge in [0.2, 0.25) is 5.91 Å². The Hall–Kier alpha value is -2.69. The summed E-state index contributed by atoms with van der Waals surface area (Å²) in [6, 6.07) is 17.0. The molecule has 2 rings (SSSR count). The molecular formula is C18H22N2O3. The van der Waals surface area contributed by atoms with Crippen LogP contribution >= 0.6 is 0 Å². The monoisotopic (exact) mass is 314 g/mol. The van der Waals surface area contributed by atoms with Crippen molar-refractivity contribution in [3.05, 3.63) is 54.6 Å². The van der Waals surface area contributed by atoms with Crippen molar-refractivity contribution in [1.29, 1.82) is 0 Å². The summed E-state index contributed by atoms with van der Waals surface area (Å²) < 4.78 is 11.2. The van der Waals surface area contributed by atoms with Crippen molar-refractivity contribution in [2.24, 2.45) is 0 Å². The van der Waals surface area contributed by atoms with Crippen LogP contribution < -0.4 is 20.3 Å². The Bertz CT molecular complexity index is 602. The number of amides is 1. The SMILES string of the molecule is CCOc1ccccc1OCCCC(=O)NNc1ccccc1. The van der Waals surface area contributed by atoms with Crippen molar-refractivity contribution >= 4 is 11.6 Å². The molecule has 0 heterocycles. The van der Waals surface area contributed by atoms with Crippen molar-refractivity contribution in [3.63, 3.8) is 0 Å². The van der Waals surface area contributed by atoms with E-state index < -0.39 is 0 Å². The van der Waals surface area contributed by atoms with Gasteiger partial charge in [-0.05, 0) is 37.6 Å². The Kier molecular flexibility index (Phi) is 6.78. The summed E-state index contributed by atoms with van der Waals surface area (Å²) >= 11 is 0. The minimum Gasteiger partial charge on any atom is -0.490 e. The molecule has 0 aliphatic rings. The average molecular weight is 314 g/mol. The molecule has 0 aliphatic carbocycles. The van der Waals surface area contributed by atoms with Gasteiger partial charge in [-0.3, -0.25) is 15.6 Å². The van der Waals surface area contributed by atoms with Gasteiger partial charge in [-0.1, -0.05) is 30.3 Å². The first-order chi connectivity index (χ1) is 11.3. The summed E-state index contributed by atoms with van der Waals surface area (Å²) in [6.07, 6.45) is 1.01. The number of ether oxygens (including phenoxy) is 2. The minimum absolute atomic E-state index is 0.0736. The van der Waals surface area contributed by atoms with Crippen LogP contribution in [0.2, 0.25) is 0 Å². The third kappa shape index (κ3) is 5.90. The number of nitrogens with one attached hydrogen (secondary N) is 2. The topological polar surface area (TPSA) is 59.6 Å². The number of carbonyl (C=O) groups is 1. The van der Waals surface area contributed by atoms with Crippen molar-refractivity contribution in [2.45, 2.75) is 19.8 Å². The van der Waals surface area contributed by atoms with Crippen LogP contribution in [0.25, 0.3) is 0 Å². The molecule has 122 valence electrons. The molecule has 0 aromatic heterocycles. The summed E-state index contributed by atoms with van der Waals surface area (Å²) in [6.45, 7) is 2.98. The van der Waals surface area contributed by atoms with E-state index >= 15 is 0 Å². The van der Waals surface area contributed by atoms with E-state index in [2.05, 4.69) is 10.9 Å². The second-order valence-corrected chi connectivity index (χ2v) is 4.87. The van der Waals surface area contributed by atoms with Crippen LogP contribution in [0.5, 0.6) is 11.5 Å². The highest BCUT2D eigenvalue weighted by Crippen LogP contribution is 2.26. The first kappa shape index (κ1) is 16.7. The number of hydrazine groups is 1. The molecule has 0 saturated carbocycles. The third-order valence-corrected chi connectivity index (χ3v) is 3.07. The average Bonchev–Trinajstić information content (AvgIpc) is 2.59. The molecule has 0 bridgehead atoms. The van der Waals surface area contributed by atoms with E-state index in [4.69, 9.17) is 9.47 Å². The molecule has 0 radical (unpaired) electrons. The van der Waals surface area contributed by atoms with Crippen molar-refractivity contribution in [3.8, 4) is 11.5 Å². The van der Waals surface area contributed by atoms with Gasteiger partial charge in [-0.2, -0.15) is 0 Å². The number of para-hydroxylation sites is 3. The summed E-state index contributed by atoms with van der Waals surface area (Å²) in [5, 5.41) is 0. The fourth-order valence-corrected chi connectivity index (χ4v) is 1.98. The molecule has 0 saturated heterocycles. The first-order valence-electron chi connectivity index (χ1n) is 7.74. The summed E-state index contributed by atoms with van der Waals surface area (Å²) in [5.74, 6) is 1.36. The van der Waals surface area contributed by atoms with E-state index in [1.807, 2.05) is 61.5 Å². The second kappa shape index (κ2) is 9.35. The quantitative estimate of drug-likeness (QED) is 0.550. The van der Waals surface area contributed by atoms with Gasteiger partial charge in [0.15, 0.2) is 11.5 Å². The summed E-state index contributed by atoms with van der Waals surface area (Å²) in [4.78, 5) is 11.7. The highest BCUT2D eigenvalue weighted by molar-refractivity contribution is 5.77. The van der Waals surface area contributed by atoms with Crippen LogP contribution in [-0.2, 0) is 4.79 Å². The van der Waals surface area contributed by atoms with E-state index in [0.717, 1.165) is 11.4 Å². The zero-order valence-electron chi connectivity index (χ0n) is 13.2. The van der Waals surface area contributed by atoms with Crippen LogP contribution in [0.15, 0.2) is 54.6 Å². The van der Waals surface area contributed by atoms with E-state index in [9.17, 15) is 4.79 Å². The van der Waals surface area contributed by atoms with Crippen LogP contribution in [0.4, 0.5) is 5.69 Å². The molecular weight excluding hydrogens is 292 g/mol. The maximum absolute atomic E-state index is 11.7. The highest BCUT2D eigenvalue weighted by atomic mass is 16.5. The van der Waals surface area contributed by atoms with Crippen LogP contribution in [0.1, 0.15) is 19.8 Å². The molecule has 5 heteroatoms. The molecule has 2 aromatic carbocycles. The van der Waals surface area contributed by atoms with Crippen LogP contribution in [-0.4, -0.2) is 19.1 Å². The molecule has 0 spiro atoms. The standard InChI is InChI=1S/C18H22N2O3/c1-2-22-16-11-6-7-12-17(16)23-14-8-13-18(21)20-19-15-9-4-3-5-10-15/h3-7,9-12,19H,2,8,13-14H2,1H3,(H,20,21). The van der Waals surface area contributed by atoms with E-state index in [0.29, 0.717) is 31.8 Å². The van der Waals surface area contributed by atoms with Crippen molar-refractivity contribution in [1.82, 2.24) is 5.43 Å². The van der Waals surface area contributed by atoms with Gasteiger partial charge < -0.3 is 9.47 Å². The van der Waals surface area contributed by atoms with Crippen molar-refractivity contribution in [2.75, 3.05) is 18.6 Å². The predicted octanol–water partition coefficient (Wildman–Crippen LogP) is 3.39. The summed E-state index contributed by atoms with van der Waals surface area (Å²) in [7, 11) is 0. The van der Waals surface area contributed by atoms with Gasteiger partial charge in [-0.25, -0.2) is 0 Å². The maximum Gasteiger partial charge on any atom is 0.238 e. The van der Waals surface area contributed by atoms with Crippen molar-refractivity contribution < 1.29 is 14.3 Å². The first-order valence-corrected chi connectivity index (χ1v) is 7.74. The second-order valence-electron chi connectivity index (χ2n) is 4.87. The number of rotatable bonds is 9. The number of benzene rings is 2. The molecule has 1 amide bonds. The Morgan fingerprint density at radius 3 is 2.30 bits per heavy atom. The zero-order chi connectivity index (χ0) is 16.3. The Morgan fingerprint density at radius 1 is 0.957 bits per heavy atom.